The van der Waals surface area contributed by atoms with Crippen molar-refractivity contribution in [2.24, 2.45) is 0 Å². The van der Waals surface area contributed by atoms with Crippen LogP contribution >= 0.6 is 0 Å². The Hall–Kier alpha value is -4.04. The molecule has 9 nitrogen and oxygen atoms in total. The molecule has 7 heterocycles. The van der Waals surface area contributed by atoms with Gasteiger partial charge in [0.2, 0.25) is 5.88 Å². The van der Waals surface area contributed by atoms with Crippen LogP contribution in [0.2, 0.25) is 0 Å². The van der Waals surface area contributed by atoms with Gasteiger partial charge in [-0.25, -0.2) is 26.9 Å². The number of alkyl halides is 1. The molecule has 5 aliphatic rings. The van der Waals surface area contributed by atoms with E-state index >= 15 is 8.78 Å². The van der Waals surface area contributed by atoms with Crippen molar-refractivity contribution < 1.29 is 36.5 Å². The van der Waals surface area contributed by atoms with Crippen LogP contribution in [0.1, 0.15) is 32.1 Å². The second-order valence-electron chi connectivity index (χ2n) is 13.2. The van der Waals surface area contributed by atoms with E-state index in [2.05, 4.69) is 25.1 Å². The molecule has 4 saturated heterocycles. The van der Waals surface area contributed by atoms with Crippen molar-refractivity contribution in [1.82, 2.24) is 25.2 Å². The maximum Gasteiger partial charge on any atom is 0.319 e. The number of nitrogens with zero attached hydrogens (tertiary/aromatic N) is 5. The Kier molecular flexibility index (Phi) is 6.12. The molecule has 4 fully saturated rings. The predicted molar refractivity (Wildman–Crippen MR) is 157 cm³/mol. The summed E-state index contributed by atoms with van der Waals surface area (Å²) in [5.41, 5.74) is -1.51. The third kappa shape index (κ3) is 4.08. The lowest BCUT2D eigenvalue weighted by molar-refractivity contribution is 0.107. The van der Waals surface area contributed by atoms with Gasteiger partial charge in [-0.2, -0.15) is 9.97 Å². The Balaban J connectivity index is 1.24. The smallest absolute Gasteiger partial charge is 0.319 e. The first-order valence-corrected chi connectivity index (χ1v) is 15.6. The molecule has 5 atom stereocenters. The van der Waals surface area contributed by atoms with Crippen LogP contribution in [-0.4, -0.2) is 87.6 Å². The minimum atomic E-state index is -1.74. The zero-order chi connectivity index (χ0) is 31.5. The lowest BCUT2D eigenvalue weighted by Gasteiger charge is -2.40. The zero-order valence-corrected chi connectivity index (χ0v) is 24.5. The van der Waals surface area contributed by atoms with Crippen LogP contribution in [0.25, 0.3) is 32.9 Å². The van der Waals surface area contributed by atoms with Gasteiger partial charge in [0.15, 0.2) is 23.3 Å². The van der Waals surface area contributed by atoms with E-state index in [4.69, 9.17) is 14.5 Å². The van der Waals surface area contributed by atoms with Gasteiger partial charge in [0.25, 0.3) is 0 Å². The molecule has 4 aromatic rings. The molecule has 0 aliphatic carbocycles. The van der Waals surface area contributed by atoms with Crippen molar-refractivity contribution in [2.75, 3.05) is 37.7 Å². The van der Waals surface area contributed by atoms with Crippen LogP contribution < -0.4 is 19.7 Å². The normalized spacial score (nSPS) is 28.4. The Bertz CT molecular complexity index is 1950. The van der Waals surface area contributed by atoms with Crippen molar-refractivity contribution in [3.05, 3.63) is 41.5 Å². The molecular formula is C32H29F5N6O3. The highest BCUT2D eigenvalue weighted by molar-refractivity contribution is 6.02. The largest absolute Gasteiger partial charge is 0.508 e. The lowest BCUT2D eigenvalue weighted by Crippen LogP contribution is -2.60. The molecule has 240 valence electrons. The zero-order valence-electron chi connectivity index (χ0n) is 24.5. The predicted octanol–water partition coefficient (Wildman–Crippen LogP) is 4.76. The molecule has 0 radical (unpaired) electrons. The Morgan fingerprint density at radius 3 is 2.76 bits per heavy atom. The highest BCUT2D eigenvalue weighted by Gasteiger charge is 2.50. The summed E-state index contributed by atoms with van der Waals surface area (Å²) in [5.74, 6) is -5.82. The van der Waals surface area contributed by atoms with E-state index in [9.17, 15) is 18.3 Å². The number of piperazine rings is 1. The lowest BCUT2D eigenvalue weighted by atomic mass is 9.95. The monoisotopic (exact) mass is 640 g/mol. The molecule has 0 saturated carbocycles. The van der Waals surface area contributed by atoms with Gasteiger partial charge < -0.3 is 24.8 Å². The molecule has 0 spiro atoms. The first-order chi connectivity index (χ1) is 22.2. The van der Waals surface area contributed by atoms with Crippen molar-refractivity contribution in [3.63, 3.8) is 0 Å². The summed E-state index contributed by atoms with van der Waals surface area (Å²) < 4.78 is 87.6. The van der Waals surface area contributed by atoms with E-state index in [-0.39, 0.29) is 65.1 Å². The maximum absolute atomic E-state index is 16.8. The standard InChI is InChI=1S/C32H29F5N6O3/c33-15-9-32(4-1-5-42(32)10-15)13-46-31-40-28-23-29(41-31)43-11-16-2-3-20(38-16)21(43)12-45-30(23)39-27(26(28)37)18-8-17(44)6-14-7-19(34)24(35)25(36)22(14)18/h6-8,15-16,20-21,38,44H,1-5,9-13H2/t15-,16-,20+,21-,32+/m1/s1. The Morgan fingerprint density at radius 2 is 1.89 bits per heavy atom. The number of rotatable bonds is 4. The highest BCUT2D eigenvalue weighted by Crippen LogP contribution is 2.45. The number of benzene rings is 2. The molecule has 0 unspecified atom stereocenters. The van der Waals surface area contributed by atoms with Crippen LogP contribution in [0.5, 0.6) is 17.6 Å². The van der Waals surface area contributed by atoms with E-state index in [1.54, 1.807) is 0 Å². The summed E-state index contributed by atoms with van der Waals surface area (Å²) in [4.78, 5) is 17.9. The van der Waals surface area contributed by atoms with Crippen molar-refractivity contribution in [2.45, 2.75) is 61.9 Å². The van der Waals surface area contributed by atoms with Gasteiger partial charge in [0.1, 0.15) is 47.5 Å². The van der Waals surface area contributed by atoms with Crippen LogP contribution in [0.15, 0.2) is 18.2 Å². The van der Waals surface area contributed by atoms with Gasteiger partial charge in [-0.1, -0.05) is 0 Å². The van der Waals surface area contributed by atoms with E-state index in [1.807, 2.05) is 0 Å². The number of aromatic nitrogens is 3. The molecule has 2 aromatic carbocycles. The van der Waals surface area contributed by atoms with Crippen LogP contribution in [0.4, 0.5) is 27.8 Å². The quantitative estimate of drug-likeness (QED) is 0.242. The van der Waals surface area contributed by atoms with Gasteiger partial charge in [0.05, 0.1) is 11.6 Å². The minimum absolute atomic E-state index is 0.0191. The summed E-state index contributed by atoms with van der Waals surface area (Å²) in [6, 6.07) is 2.81. The van der Waals surface area contributed by atoms with Gasteiger partial charge in [-0.15, -0.1) is 0 Å². The second kappa shape index (κ2) is 9.98. The Morgan fingerprint density at radius 1 is 1.02 bits per heavy atom. The average molecular weight is 641 g/mol. The molecular weight excluding hydrogens is 611 g/mol. The molecule has 9 rings (SSSR count). The number of nitrogens with one attached hydrogen (secondary N) is 1. The van der Waals surface area contributed by atoms with E-state index < -0.39 is 51.8 Å². The van der Waals surface area contributed by atoms with E-state index in [1.165, 1.54) is 0 Å². The number of anilines is 1. The van der Waals surface area contributed by atoms with Crippen molar-refractivity contribution >= 4 is 27.5 Å². The fourth-order valence-electron chi connectivity index (χ4n) is 8.42. The van der Waals surface area contributed by atoms with Gasteiger partial charge in [-0.05, 0) is 55.8 Å². The minimum Gasteiger partial charge on any atom is -0.508 e. The molecule has 5 aliphatic heterocycles. The number of aromatic hydroxyl groups is 1. The van der Waals surface area contributed by atoms with E-state index in [0.29, 0.717) is 25.3 Å². The van der Waals surface area contributed by atoms with Gasteiger partial charge >= 0.3 is 6.01 Å². The molecule has 2 aromatic heterocycles. The van der Waals surface area contributed by atoms with Crippen LogP contribution in [0.3, 0.4) is 0 Å². The number of halogens is 5. The maximum atomic E-state index is 16.8. The highest BCUT2D eigenvalue weighted by atomic mass is 19.2. The number of fused-ring (bicyclic) bond motifs is 7. The molecule has 14 heteroatoms. The summed E-state index contributed by atoms with van der Waals surface area (Å²) in [7, 11) is 0. The molecule has 2 bridgehead atoms. The molecule has 0 amide bonds. The van der Waals surface area contributed by atoms with Crippen LogP contribution in [0, 0.1) is 23.3 Å². The SMILES string of the molecule is Oc1cc(-c2nc3c4c(nc(OC[C@@]56CCCN5C[C@H](F)C6)nc4c2F)N2C[C@H]4CC[C@H](N4)[C@H]2CO3)c2c(F)c(F)c(F)cc2c1. The first kappa shape index (κ1) is 28.2. The molecule has 46 heavy (non-hydrogen) atoms. The van der Waals surface area contributed by atoms with Gasteiger partial charge in [-0.3, -0.25) is 4.90 Å². The fraction of sp³-hybridized carbons (Fsp3) is 0.469. The topological polar surface area (TPSA) is 95.9 Å². The molecule has 2 N–H and O–H groups in total. The number of hydrogen-bond donors (Lipinski definition) is 2. The van der Waals surface area contributed by atoms with Gasteiger partial charge in [0, 0.05) is 42.5 Å². The Labute approximate surface area is 259 Å². The summed E-state index contributed by atoms with van der Waals surface area (Å²) in [6.07, 6.45) is 2.90. The first-order valence-electron chi connectivity index (χ1n) is 15.6. The third-order valence-electron chi connectivity index (χ3n) is 10.5. The number of ether oxygens (including phenoxy) is 2. The summed E-state index contributed by atoms with van der Waals surface area (Å²) in [6.45, 7) is 1.97. The fourth-order valence-corrected chi connectivity index (χ4v) is 8.42. The summed E-state index contributed by atoms with van der Waals surface area (Å²) in [5, 5.41) is 13.6. The third-order valence-corrected chi connectivity index (χ3v) is 10.5. The number of phenols is 1. The van der Waals surface area contributed by atoms with Crippen LogP contribution in [-0.2, 0) is 0 Å². The number of phenolic OH excluding ortho intramolecular Hbond substituents is 1. The van der Waals surface area contributed by atoms with Crippen molar-refractivity contribution in [3.8, 4) is 28.9 Å². The van der Waals surface area contributed by atoms with Crippen molar-refractivity contribution in [1.29, 1.82) is 0 Å². The summed E-state index contributed by atoms with van der Waals surface area (Å²) >= 11 is 0. The number of pyridine rings is 1. The second-order valence-corrected chi connectivity index (χ2v) is 13.2. The van der Waals surface area contributed by atoms with E-state index in [0.717, 1.165) is 50.4 Å². The number of hydrogen-bond acceptors (Lipinski definition) is 9. The average Bonchev–Trinajstić information content (AvgIpc) is 3.66.